The summed E-state index contributed by atoms with van der Waals surface area (Å²) in [5.41, 5.74) is 6.27. The first-order chi connectivity index (χ1) is 9.19. The third-order valence-electron chi connectivity index (χ3n) is 3.17. The molecular weight excluding hydrogens is 261 g/mol. The summed E-state index contributed by atoms with van der Waals surface area (Å²) in [6, 6.07) is 6.48. The normalized spacial score (nSPS) is 13.0. The van der Waals surface area contributed by atoms with E-state index in [0.717, 1.165) is 27.3 Å². The highest BCUT2D eigenvalue weighted by Gasteiger charge is 2.17. The summed E-state index contributed by atoms with van der Waals surface area (Å²) in [7, 11) is 0. The first-order valence-electron chi connectivity index (χ1n) is 6.14. The molecule has 0 aliphatic carbocycles. The van der Waals surface area contributed by atoms with Crippen molar-refractivity contribution in [3.63, 3.8) is 0 Å². The minimum Gasteiger partial charge on any atom is -0.334 e. The van der Waals surface area contributed by atoms with Gasteiger partial charge in [-0.05, 0) is 36.6 Å². The van der Waals surface area contributed by atoms with Gasteiger partial charge in [0.1, 0.15) is 11.6 Å². The van der Waals surface area contributed by atoms with Gasteiger partial charge >= 0.3 is 0 Å². The summed E-state index contributed by atoms with van der Waals surface area (Å²) in [4.78, 5) is 5.32. The fourth-order valence-electron chi connectivity index (χ4n) is 2.18. The Bertz CT molecular complexity index is 716. The van der Waals surface area contributed by atoms with Crippen molar-refractivity contribution in [3.8, 4) is 0 Å². The van der Waals surface area contributed by atoms with Crippen LogP contribution in [0, 0.1) is 5.82 Å². The van der Waals surface area contributed by atoms with Gasteiger partial charge in [-0.25, -0.2) is 9.37 Å². The van der Waals surface area contributed by atoms with Gasteiger partial charge in [0.05, 0.1) is 6.04 Å². The molecule has 0 fully saturated rings. The zero-order valence-electron chi connectivity index (χ0n) is 10.5. The van der Waals surface area contributed by atoms with Gasteiger partial charge in [0, 0.05) is 28.5 Å². The molecular formula is C14H14FN3S. The number of halogens is 1. The lowest BCUT2D eigenvalue weighted by atomic mass is 10.2. The van der Waals surface area contributed by atoms with Crippen molar-refractivity contribution in [1.82, 2.24) is 9.55 Å². The molecule has 0 aliphatic heterocycles. The molecule has 2 aromatic heterocycles. The molecule has 0 saturated carbocycles. The number of rotatable bonds is 3. The van der Waals surface area contributed by atoms with E-state index in [-0.39, 0.29) is 11.9 Å². The second kappa shape index (κ2) is 4.75. The maximum atomic E-state index is 13.2. The summed E-state index contributed by atoms with van der Waals surface area (Å²) in [5.74, 6) is 0.620. The number of aromatic nitrogens is 2. The Morgan fingerprint density at radius 3 is 3.05 bits per heavy atom. The molecule has 1 unspecified atom stereocenters. The standard InChI is InChI=1S/C14H14FN3S/c1-2-18-6-5-17-14(18)13(16)12-8-9-7-10(15)3-4-11(9)19-12/h3-8,13H,2,16H2,1H3. The van der Waals surface area contributed by atoms with Gasteiger partial charge in [-0.2, -0.15) is 0 Å². The van der Waals surface area contributed by atoms with Crippen LogP contribution in [0.15, 0.2) is 36.7 Å². The number of nitrogens with zero attached hydrogens (tertiary/aromatic N) is 2. The predicted octanol–water partition coefficient (Wildman–Crippen LogP) is 3.30. The van der Waals surface area contributed by atoms with Gasteiger partial charge in [0.25, 0.3) is 0 Å². The Hall–Kier alpha value is -1.72. The van der Waals surface area contributed by atoms with Crippen molar-refractivity contribution in [2.45, 2.75) is 19.5 Å². The van der Waals surface area contributed by atoms with E-state index in [1.807, 2.05) is 16.8 Å². The topological polar surface area (TPSA) is 43.8 Å². The van der Waals surface area contributed by atoms with Gasteiger partial charge in [-0.3, -0.25) is 0 Å². The Morgan fingerprint density at radius 1 is 1.42 bits per heavy atom. The molecule has 5 heteroatoms. The van der Waals surface area contributed by atoms with Gasteiger partial charge in [-0.1, -0.05) is 0 Å². The monoisotopic (exact) mass is 275 g/mol. The molecule has 1 aromatic carbocycles. The maximum absolute atomic E-state index is 13.2. The van der Waals surface area contributed by atoms with E-state index in [1.54, 1.807) is 23.6 Å². The lowest BCUT2D eigenvalue weighted by Gasteiger charge is -2.10. The van der Waals surface area contributed by atoms with Crippen LogP contribution < -0.4 is 5.73 Å². The summed E-state index contributed by atoms with van der Waals surface area (Å²) >= 11 is 1.59. The highest BCUT2D eigenvalue weighted by atomic mass is 32.1. The van der Waals surface area contributed by atoms with Crippen molar-refractivity contribution in [1.29, 1.82) is 0 Å². The highest BCUT2D eigenvalue weighted by Crippen LogP contribution is 2.31. The highest BCUT2D eigenvalue weighted by molar-refractivity contribution is 7.19. The lowest BCUT2D eigenvalue weighted by molar-refractivity contribution is 0.630. The van der Waals surface area contributed by atoms with Crippen LogP contribution >= 0.6 is 11.3 Å². The molecule has 1 atom stereocenters. The zero-order chi connectivity index (χ0) is 13.4. The molecule has 2 heterocycles. The van der Waals surface area contributed by atoms with E-state index >= 15 is 0 Å². The fourth-order valence-corrected chi connectivity index (χ4v) is 3.23. The van der Waals surface area contributed by atoms with Crippen molar-refractivity contribution in [2.75, 3.05) is 0 Å². The van der Waals surface area contributed by atoms with Gasteiger partial charge in [0.15, 0.2) is 0 Å². The third-order valence-corrected chi connectivity index (χ3v) is 4.37. The van der Waals surface area contributed by atoms with E-state index in [0.29, 0.717) is 0 Å². The molecule has 19 heavy (non-hydrogen) atoms. The van der Waals surface area contributed by atoms with Gasteiger partial charge < -0.3 is 10.3 Å². The molecule has 98 valence electrons. The van der Waals surface area contributed by atoms with Crippen LogP contribution in [0.2, 0.25) is 0 Å². The van der Waals surface area contributed by atoms with E-state index < -0.39 is 0 Å². The Kier molecular flexibility index (Phi) is 3.08. The van der Waals surface area contributed by atoms with Crippen molar-refractivity contribution >= 4 is 21.4 Å². The number of hydrogen-bond donors (Lipinski definition) is 1. The average molecular weight is 275 g/mol. The van der Waals surface area contributed by atoms with Crippen molar-refractivity contribution in [2.24, 2.45) is 5.73 Å². The first-order valence-corrected chi connectivity index (χ1v) is 6.96. The number of nitrogens with two attached hydrogens (primary N) is 1. The molecule has 3 rings (SSSR count). The maximum Gasteiger partial charge on any atom is 0.131 e. The van der Waals surface area contributed by atoms with E-state index in [9.17, 15) is 4.39 Å². The van der Waals surface area contributed by atoms with Crippen LogP contribution in [0.1, 0.15) is 23.7 Å². The molecule has 3 aromatic rings. The third kappa shape index (κ3) is 2.15. The molecule has 0 spiro atoms. The fraction of sp³-hybridized carbons (Fsp3) is 0.214. The van der Waals surface area contributed by atoms with E-state index in [1.165, 1.54) is 12.1 Å². The second-order valence-electron chi connectivity index (χ2n) is 4.38. The summed E-state index contributed by atoms with van der Waals surface area (Å²) in [6.45, 7) is 2.89. The van der Waals surface area contributed by atoms with E-state index in [4.69, 9.17) is 5.73 Å². The van der Waals surface area contributed by atoms with Crippen LogP contribution in [-0.4, -0.2) is 9.55 Å². The van der Waals surface area contributed by atoms with Crippen LogP contribution in [0.5, 0.6) is 0 Å². The van der Waals surface area contributed by atoms with Gasteiger partial charge in [0.2, 0.25) is 0 Å². The number of fused-ring (bicyclic) bond motifs is 1. The van der Waals surface area contributed by atoms with Crippen molar-refractivity contribution in [3.05, 3.63) is 53.2 Å². The smallest absolute Gasteiger partial charge is 0.131 e. The molecule has 0 bridgehead atoms. The summed E-state index contributed by atoms with van der Waals surface area (Å²) in [5, 5.41) is 0.894. The predicted molar refractivity (Wildman–Crippen MR) is 75.7 cm³/mol. The zero-order valence-corrected chi connectivity index (χ0v) is 11.3. The average Bonchev–Trinajstić information content (AvgIpc) is 3.03. The molecule has 2 N–H and O–H groups in total. The Labute approximate surface area is 114 Å². The van der Waals surface area contributed by atoms with Crippen LogP contribution in [0.3, 0.4) is 0 Å². The minimum absolute atomic E-state index is 0.222. The number of thiophene rings is 1. The molecule has 0 amide bonds. The second-order valence-corrected chi connectivity index (χ2v) is 5.50. The molecule has 0 aliphatic rings. The molecule has 0 radical (unpaired) electrons. The number of benzene rings is 1. The van der Waals surface area contributed by atoms with Crippen molar-refractivity contribution < 1.29 is 4.39 Å². The summed E-state index contributed by atoms with van der Waals surface area (Å²) < 4.78 is 16.3. The number of imidazole rings is 1. The van der Waals surface area contributed by atoms with Crippen LogP contribution in [0.25, 0.3) is 10.1 Å². The Balaban J connectivity index is 2.04. The Morgan fingerprint density at radius 2 is 2.26 bits per heavy atom. The quantitative estimate of drug-likeness (QED) is 0.797. The van der Waals surface area contributed by atoms with E-state index in [2.05, 4.69) is 11.9 Å². The van der Waals surface area contributed by atoms with Crippen LogP contribution in [0.4, 0.5) is 4.39 Å². The largest absolute Gasteiger partial charge is 0.334 e. The molecule has 3 nitrogen and oxygen atoms in total. The van der Waals surface area contributed by atoms with Crippen LogP contribution in [-0.2, 0) is 6.54 Å². The van der Waals surface area contributed by atoms with Gasteiger partial charge in [-0.15, -0.1) is 11.3 Å². The first kappa shape index (κ1) is 12.3. The minimum atomic E-state index is -0.268. The summed E-state index contributed by atoms with van der Waals surface area (Å²) in [6.07, 6.45) is 3.67. The SMILES string of the molecule is CCn1ccnc1C(N)c1cc2cc(F)ccc2s1. The number of aryl methyl sites for hydroxylation is 1. The number of hydrogen-bond acceptors (Lipinski definition) is 3. The molecule has 0 saturated heterocycles. The lowest BCUT2D eigenvalue weighted by Crippen LogP contribution is -2.16.